The highest BCUT2D eigenvalue weighted by atomic mass is 16.2. The molecule has 26 heavy (non-hydrogen) atoms. The molecule has 1 atom stereocenters. The van der Waals surface area contributed by atoms with E-state index >= 15 is 0 Å². The lowest BCUT2D eigenvalue weighted by Crippen LogP contribution is -2.32. The van der Waals surface area contributed by atoms with E-state index in [1.54, 1.807) is 0 Å². The van der Waals surface area contributed by atoms with Crippen LogP contribution in [0.5, 0.6) is 0 Å². The molecule has 1 aromatic heterocycles. The SMILES string of the molecule is CCn1c(C2CCCN2C(=O)c2ccc(CN)cc2)nc2ccccc21. The lowest BCUT2D eigenvalue weighted by molar-refractivity contribution is 0.0728. The summed E-state index contributed by atoms with van der Waals surface area (Å²) in [5, 5.41) is 0. The standard InChI is InChI=1S/C21H24N4O/c1-2-24-18-7-4-3-6-17(18)23-20(24)19-8-5-13-25(19)21(26)16-11-9-15(14-22)10-12-16/h3-4,6-7,9-12,19H,2,5,8,13-14,22H2,1H3. The number of benzene rings is 2. The monoisotopic (exact) mass is 348 g/mol. The van der Waals surface area contributed by atoms with Gasteiger partial charge in [0.05, 0.1) is 17.1 Å². The van der Waals surface area contributed by atoms with Gasteiger partial charge in [-0.25, -0.2) is 4.98 Å². The molecule has 1 amide bonds. The second-order valence-corrected chi connectivity index (χ2v) is 6.76. The van der Waals surface area contributed by atoms with Crippen LogP contribution >= 0.6 is 0 Å². The number of aromatic nitrogens is 2. The van der Waals surface area contributed by atoms with Crippen molar-refractivity contribution in [3.8, 4) is 0 Å². The maximum absolute atomic E-state index is 13.1. The molecule has 1 aliphatic heterocycles. The predicted octanol–water partition coefficient (Wildman–Crippen LogP) is 3.49. The molecule has 1 saturated heterocycles. The van der Waals surface area contributed by atoms with Gasteiger partial charge in [0.2, 0.25) is 0 Å². The van der Waals surface area contributed by atoms with E-state index in [4.69, 9.17) is 10.7 Å². The minimum Gasteiger partial charge on any atom is -0.328 e. The molecule has 1 fully saturated rings. The first-order valence-corrected chi connectivity index (χ1v) is 9.28. The first-order chi connectivity index (χ1) is 12.7. The van der Waals surface area contributed by atoms with Crippen LogP contribution in [0.3, 0.4) is 0 Å². The Hall–Kier alpha value is -2.66. The van der Waals surface area contributed by atoms with Crippen molar-refractivity contribution in [2.45, 2.75) is 38.9 Å². The summed E-state index contributed by atoms with van der Waals surface area (Å²) in [5.74, 6) is 1.07. The van der Waals surface area contributed by atoms with E-state index in [9.17, 15) is 4.79 Å². The van der Waals surface area contributed by atoms with Crippen molar-refractivity contribution in [2.24, 2.45) is 5.73 Å². The van der Waals surface area contributed by atoms with Crippen LogP contribution in [0.25, 0.3) is 11.0 Å². The minimum atomic E-state index is 0.0315. The summed E-state index contributed by atoms with van der Waals surface area (Å²) in [4.78, 5) is 20.0. The molecule has 5 heteroatoms. The molecule has 1 unspecified atom stereocenters. The van der Waals surface area contributed by atoms with Crippen molar-refractivity contribution in [1.29, 1.82) is 0 Å². The molecule has 1 aliphatic rings. The van der Waals surface area contributed by atoms with E-state index in [-0.39, 0.29) is 11.9 Å². The van der Waals surface area contributed by atoms with Gasteiger partial charge >= 0.3 is 0 Å². The molecular weight excluding hydrogens is 324 g/mol. The molecule has 0 radical (unpaired) electrons. The van der Waals surface area contributed by atoms with Crippen LogP contribution in [-0.4, -0.2) is 26.9 Å². The van der Waals surface area contributed by atoms with Crippen LogP contribution in [0, 0.1) is 0 Å². The Morgan fingerprint density at radius 1 is 1.19 bits per heavy atom. The van der Waals surface area contributed by atoms with Gasteiger partial charge in [0.25, 0.3) is 5.91 Å². The van der Waals surface area contributed by atoms with Crippen molar-refractivity contribution in [3.63, 3.8) is 0 Å². The Morgan fingerprint density at radius 2 is 1.96 bits per heavy atom. The van der Waals surface area contributed by atoms with Crippen LogP contribution in [0.4, 0.5) is 0 Å². The van der Waals surface area contributed by atoms with E-state index in [0.29, 0.717) is 12.1 Å². The van der Waals surface area contributed by atoms with Gasteiger partial charge < -0.3 is 15.2 Å². The molecule has 0 bridgehead atoms. The van der Waals surface area contributed by atoms with Gasteiger partial charge in [-0.3, -0.25) is 4.79 Å². The normalized spacial score (nSPS) is 17.2. The molecule has 2 aromatic carbocycles. The molecule has 2 N–H and O–H groups in total. The average molecular weight is 348 g/mol. The lowest BCUT2D eigenvalue weighted by atomic mass is 10.1. The summed E-state index contributed by atoms with van der Waals surface area (Å²) in [6.07, 6.45) is 1.96. The van der Waals surface area contributed by atoms with Crippen LogP contribution in [-0.2, 0) is 13.1 Å². The zero-order valence-electron chi connectivity index (χ0n) is 15.1. The number of fused-ring (bicyclic) bond motifs is 1. The number of aryl methyl sites for hydroxylation is 1. The highest BCUT2D eigenvalue weighted by Crippen LogP contribution is 2.34. The number of carbonyl (C=O) groups is 1. The van der Waals surface area contributed by atoms with E-state index in [0.717, 1.165) is 48.4 Å². The fourth-order valence-electron chi connectivity index (χ4n) is 3.91. The van der Waals surface area contributed by atoms with E-state index in [2.05, 4.69) is 17.6 Å². The van der Waals surface area contributed by atoms with Crippen LogP contribution in [0.1, 0.15) is 47.6 Å². The zero-order chi connectivity index (χ0) is 18.1. The number of nitrogens with zero attached hydrogens (tertiary/aromatic N) is 3. The fraction of sp³-hybridized carbons (Fsp3) is 0.333. The van der Waals surface area contributed by atoms with Crippen molar-refractivity contribution in [2.75, 3.05) is 6.54 Å². The van der Waals surface area contributed by atoms with Crippen molar-refractivity contribution < 1.29 is 4.79 Å². The molecule has 2 heterocycles. The Balaban J connectivity index is 1.69. The third-order valence-corrected chi connectivity index (χ3v) is 5.25. The van der Waals surface area contributed by atoms with Gasteiger partial charge in [-0.2, -0.15) is 0 Å². The number of hydrogen-bond acceptors (Lipinski definition) is 3. The van der Waals surface area contributed by atoms with E-state index < -0.39 is 0 Å². The summed E-state index contributed by atoms with van der Waals surface area (Å²) in [6.45, 7) is 4.24. The maximum Gasteiger partial charge on any atom is 0.254 e. The average Bonchev–Trinajstić information content (AvgIpc) is 3.31. The van der Waals surface area contributed by atoms with E-state index in [1.165, 1.54) is 0 Å². The number of rotatable bonds is 4. The number of likely N-dealkylation sites (tertiary alicyclic amines) is 1. The Labute approximate surface area is 153 Å². The zero-order valence-corrected chi connectivity index (χ0v) is 15.1. The molecule has 4 rings (SSSR count). The van der Waals surface area contributed by atoms with Crippen LogP contribution < -0.4 is 5.73 Å². The molecule has 0 spiro atoms. The summed E-state index contributed by atoms with van der Waals surface area (Å²) < 4.78 is 2.24. The largest absolute Gasteiger partial charge is 0.328 e. The molecule has 5 nitrogen and oxygen atoms in total. The molecular formula is C21H24N4O. The highest BCUT2D eigenvalue weighted by Gasteiger charge is 2.34. The number of hydrogen-bond donors (Lipinski definition) is 1. The number of imidazole rings is 1. The quantitative estimate of drug-likeness (QED) is 0.785. The van der Waals surface area contributed by atoms with Crippen molar-refractivity contribution in [1.82, 2.24) is 14.5 Å². The minimum absolute atomic E-state index is 0.0315. The van der Waals surface area contributed by atoms with Crippen LogP contribution in [0.15, 0.2) is 48.5 Å². The fourth-order valence-corrected chi connectivity index (χ4v) is 3.91. The maximum atomic E-state index is 13.1. The molecule has 0 aliphatic carbocycles. The van der Waals surface area contributed by atoms with E-state index in [1.807, 2.05) is 47.4 Å². The lowest BCUT2D eigenvalue weighted by Gasteiger charge is -2.25. The number of amides is 1. The first kappa shape index (κ1) is 16.8. The molecule has 134 valence electrons. The second kappa shape index (κ2) is 6.92. The van der Waals surface area contributed by atoms with Gasteiger partial charge in [-0.15, -0.1) is 0 Å². The Kier molecular flexibility index (Phi) is 4.47. The second-order valence-electron chi connectivity index (χ2n) is 6.76. The Morgan fingerprint density at radius 3 is 2.69 bits per heavy atom. The number of para-hydroxylation sites is 2. The van der Waals surface area contributed by atoms with Gasteiger partial charge in [0, 0.05) is 25.2 Å². The van der Waals surface area contributed by atoms with Gasteiger partial charge in [0.1, 0.15) is 5.82 Å². The summed E-state index contributed by atoms with van der Waals surface area (Å²) >= 11 is 0. The summed E-state index contributed by atoms with van der Waals surface area (Å²) in [7, 11) is 0. The highest BCUT2D eigenvalue weighted by molar-refractivity contribution is 5.94. The topological polar surface area (TPSA) is 64.2 Å². The van der Waals surface area contributed by atoms with Gasteiger partial charge in [-0.1, -0.05) is 24.3 Å². The summed E-state index contributed by atoms with van der Waals surface area (Å²) in [6, 6.07) is 15.8. The smallest absolute Gasteiger partial charge is 0.254 e. The number of carbonyl (C=O) groups excluding carboxylic acids is 1. The first-order valence-electron chi connectivity index (χ1n) is 9.28. The van der Waals surface area contributed by atoms with Gasteiger partial charge in [-0.05, 0) is 49.6 Å². The Bertz CT molecular complexity index is 929. The van der Waals surface area contributed by atoms with Crippen LogP contribution in [0.2, 0.25) is 0 Å². The third-order valence-electron chi connectivity index (χ3n) is 5.25. The predicted molar refractivity (Wildman–Crippen MR) is 103 cm³/mol. The third kappa shape index (κ3) is 2.78. The van der Waals surface area contributed by atoms with Gasteiger partial charge in [0.15, 0.2) is 0 Å². The number of nitrogens with two attached hydrogens (primary N) is 1. The summed E-state index contributed by atoms with van der Waals surface area (Å²) in [5.41, 5.74) is 9.54. The molecule has 3 aromatic rings. The van der Waals surface area contributed by atoms with Crippen molar-refractivity contribution in [3.05, 3.63) is 65.5 Å². The molecule has 0 saturated carbocycles. The van der Waals surface area contributed by atoms with Crippen molar-refractivity contribution >= 4 is 16.9 Å².